The Morgan fingerprint density at radius 3 is 2.78 bits per heavy atom. The first-order valence-corrected chi connectivity index (χ1v) is 8.86. The molecule has 8 heteroatoms. The second kappa shape index (κ2) is 7.81. The summed E-state index contributed by atoms with van der Waals surface area (Å²) >= 11 is 0.963. The Kier molecular flexibility index (Phi) is 6.04. The summed E-state index contributed by atoms with van der Waals surface area (Å²) in [5.74, 6) is 1.05. The summed E-state index contributed by atoms with van der Waals surface area (Å²) in [7, 11) is 0. The number of nitrogens with one attached hydrogen (secondary N) is 2. The van der Waals surface area contributed by atoms with E-state index in [4.69, 9.17) is 4.74 Å². The first-order chi connectivity index (χ1) is 10.9. The lowest BCUT2D eigenvalue weighted by molar-refractivity contribution is -0.152. The van der Waals surface area contributed by atoms with Crippen molar-refractivity contribution in [1.82, 2.24) is 15.2 Å². The summed E-state index contributed by atoms with van der Waals surface area (Å²) in [6.07, 6.45) is 3.07. The fourth-order valence-electron chi connectivity index (χ4n) is 3.02. The van der Waals surface area contributed by atoms with E-state index in [1.165, 1.54) is 6.42 Å². The van der Waals surface area contributed by atoms with E-state index in [1.54, 1.807) is 0 Å². The van der Waals surface area contributed by atoms with Gasteiger partial charge in [0, 0.05) is 0 Å². The van der Waals surface area contributed by atoms with E-state index in [1.807, 2.05) is 0 Å². The van der Waals surface area contributed by atoms with Gasteiger partial charge in [-0.15, -0.1) is 0 Å². The molecule has 3 atom stereocenters. The van der Waals surface area contributed by atoms with Crippen molar-refractivity contribution < 1.29 is 9.53 Å². The van der Waals surface area contributed by atoms with Gasteiger partial charge in [-0.1, -0.05) is 39.0 Å². The third kappa shape index (κ3) is 4.95. The van der Waals surface area contributed by atoms with Gasteiger partial charge in [0.05, 0.1) is 5.75 Å². The SMILES string of the molecule is CC(C)[C@@H]1CC[C@@H](C)C[C@@H]1OC(=O)CSc1n[nH]c(=O)[nH]c1=O. The van der Waals surface area contributed by atoms with Crippen molar-refractivity contribution >= 4 is 17.7 Å². The van der Waals surface area contributed by atoms with Gasteiger partial charge in [0.25, 0.3) is 5.56 Å². The molecule has 1 aliphatic carbocycles. The minimum Gasteiger partial charge on any atom is -0.461 e. The van der Waals surface area contributed by atoms with Crippen LogP contribution in [0.5, 0.6) is 0 Å². The molecular weight excluding hydrogens is 318 g/mol. The Labute approximate surface area is 138 Å². The molecule has 1 fully saturated rings. The number of aromatic amines is 2. The van der Waals surface area contributed by atoms with E-state index in [-0.39, 0.29) is 22.9 Å². The first-order valence-electron chi connectivity index (χ1n) is 7.88. The van der Waals surface area contributed by atoms with E-state index in [0.717, 1.165) is 24.6 Å². The van der Waals surface area contributed by atoms with E-state index in [2.05, 4.69) is 36.0 Å². The van der Waals surface area contributed by atoms with Crippen molar-refractivity contribution in [1.29, 1.82) is 0 Å². The van der Waals surface area contributed by atoms with E-state index < -0.39 is 11.2 Å². The molecule has 1 aromatic rings. The number of esters is 1. The van der Waals surface area contributed by atoms with E-state index in [9.17, 15) is 14.4 Å². The molecule has 1 aromatic heterocycles. The van der Waals surface area contributed by atoms with E-state index in [0.29, 0.717) is 17.8 Å². The molecule has 0 saturated heterocycles. The number of aromatic nitrogens is 3. The summed E-state index contributed by atoms with van der Waals surface area (Å²) < 4.78 is 5.65. The number of H-pyrrole nitrogens is 2. The van der Waals surface area contributed by atoms with Gasteiger partial charge in [0.2, 0.25) is 0 Å². The Hall–Kier alpha value is -1.57. The maximum Gasteiger partial charge on any atom is 0.342 e. The third-order valence-corrected chi connectivity index (χ3v) is 5.18. The summed E-state index contributed by atoms with van der Waals surface area (Å²) in [5.41, 5.74) is -1.27. The molecule has 1 saturated carbocycles. The van der Waals surface area contributed by atoms with Gasteiger partial charge in [-0.25, -0.2) is 9.89 Å². The normalized spacial score (nSPS) is 24.6. The molecule has 0 bridgehead atoms. The highest BCUT2D eigenvalue weighted by atomic mass is 32.2. The number of carbonyl (C=O) groups excluding carboxylic acids is 1. The molecule has 0 radical (unpaired) electrons. The number of hydrogen-bond acceptors (Lipinski definition) is 6. The zero-order valence-electron chi connectivity index (χ0n) is 13.6. The second-order valence-electron chi connectivity index (χ2n) is 6.46. The maximum absolute atomic E-state index is 12.1. The fourth-order valence-corrected chi connectivity index (χ4v) is 3.63. The zero-order valence-corrected chi connectivity index (χ0v) is 14.4. The highest BCUT2D eigenvalue weighted by molar-refractivity contribution is 7.99. The number of carbonyl (C=O) groups is 1. The largest absolute Gasteiger partial charge is 0.461 e. The molecule has 0 unspecified atom stereocenters. The van der Waals surface area contributed by atoms with Crippen LogP contribution in [0, 0.1) is 17.8 Å². The number of ether oxygens (including phenoxy) is 1. The molecule has 0 amide bonds. The zero-order chi connectivity index (χ0) is 17.0. The molecule has 0 aliphatic heterocycles. The summed E-state index contributed by atoms with van der Waals surface area (Å²) in [6.45, 7) is 6.48. The molecule has 7 nitrogen and oxygen atoms in total. The van der Waals surface area contributed by atoms with E-state index >= 15 is 0 Å². The minimum atomic E-state index is -0.669. The lowest BCUT2D eigenvalue weighted by Crippen LogP contribution is -2.36. The van der Waals surface area contributed by atoms with Crippen molar-refractivity contribution in [2.75, 3.05) is 5.75 Å². The first kappa shape index (κ1) is 17.8. The fraction of sp³-hybridized carbons (Fsp3) is 0.733. The van der Waals surface area contributed by atoms with Crippen LogP contribution in [0.25, 0.3) is 0 Å². The van der Waals surface area contributed by atoms with Crippen LogP contribution < -0.4 is 11.2 Å². The van der Waals surface area contributed by atoms with Crippen LogP contribution in [0.15, 0.2) is 14.6 Å². The van der Waals surface area contributed by atoms with Gasteiger partial charge in [-0.3, -0.25) is 14.6 Å². The Morgan fingerprint density at radius 1 is 1.39 bits per heavy atom. The monoisotopic (exact) mass is 341 g/mol. The smallest absolute Gasteiger partial charge is 0.342 e. The van der Waals surface area contributed by atoms with Crippen LogP contribution in [0.4, 0.5) is 0 Å². The maximum atomic E-state index is 12.1. The van der Waals surface area contributed by atoms with Crippen LogP contribution in [0.2, 0.25) is 0 Å². The van der Waals surface area contributed by atoms with Gasteiger partial charge >= 0.3 is 11.7 Å². The summed E-state index contributed by atoms with van der Waals surface area (Å²) in [5, 5.41) is 5.82. The molecule has 1 aliphatic rings. The van der Waals surface area contributed by atoms with Crippen molar-refractivity contribution in [3.63, 3.8) is 0 Å². The lowest BCUT2D eigenvalue weighted by Gasteiger charge is -2.36. The molecule has 1 heterocycles. The van der Waals surface area contributed by atoms with Crippen LogP contribution in [0.1, 0.15) is 40.0 Å². The van der Waals surface area contributed by atoms with Gasteiger partial charge in [0.15, 0.2) is 5.03 Å². The van der Waals surface area contributed by atoms with Crippen molar-refractivity contribution in [2.45, 2.75) is 51.2 Å². The average Bonchev–Trinajstić information content (AvgIpc) is 2.46. The predicted molar refractivity (Wildman–Crippen MR) is 87.4 cm³/mol. The summed E-state index contributed by atoms with van der Waals surface area (Å²) in [4.78, 5) is 36.6. The van der Waals surface area contributed by atoms with Crippen LogP contribution in [-0.2, 0) is 9.53 Å². The van der Waals surface area contributed by atoms with Crippen LogP contribution in [-0.4, -0.2) is 33.0 Å². The molecule has 2 rings (SSSR count). The van der Waals surface area contributed by atoms with Crippen LogP contribution in [0.3, 0.4) is 0 Å². The highest BCUT2D eigenvalue weighted by Gasteiger charge is 2.33. The minimum absolute atomic E-state index is 0.00216. The van der Waals surface area contributed by atoms with Gasteiger partial charge < -0.3 is 4.74 Å². The van der Waals surface area contributed by atoms with Crippen molar-refractivity contribution in [3.8, 4) is 0 Å². The second-order valence-corrected chi connectivity index (χ2v) is 7.42. The number of rotatable bonds is 5. The summed E-state index contributed by atoms with van der Waals surface area (Å²) in [6, 6.07) is 0. The average molecular weight is 341 g/mol. The molecule has 0 spiro atoms. The van der Waals surface area contributed by atoms with Crippen molar-refractivity contribution in [3.05, 3.63) is 20.8 Å². The topological polar surface area (TPSA) is 105 Å². The quantitative estimate of drug-likeness (QED) is 0.622. The highest BCUT2D eigenvalue weighted by Crippen LogP contribution is 2.35. The third-order valence-electron chi connectivity index (χ3n) is 4.25. The Bertz CT molecular complexity index is 655. The Morgan fingerprint density at radius 2 is 2.13 bits per heavy atom. The van der Waals surface area contributed by atoms with Crippen LogP contribution >= 0.6 is 11.8 Å². The number of thioether (sulfide) groups is 1. The number of nitrogens with zero attached hydrogens (tertiary/aromatic N) is 1. The standard InChI is InChI=1S/C15H23N3O4S/c1-8(2)10-5-4-9(3)6-11(10)22-12(19)7-23-14-13(20)16-15(21)18-17-14/h8-11H,4-7H2,1-3H3,(H2,16,18,20,21)/t9-,10+,11+/m1/s1. The van der Waals surface area contributed by atoms with Gasteiger partial charge in [-0.05, 0) is 30.6 Å². The molecular formula is C15H23N3O4S. The molecule has 128 valence electrons. The van der Waals surface area contributed by atoms with Gasteiger partial charge in [-0.2, -0.15) is 5.10 Å². The Balaban J connectivity index is 1.92. The number of hydrogen-bond donors (Lipinski definition) is 2. The molecule has 0 aromatic carbocycles. The van der Waals surface area contributed by atoms with Crippen molar-refractivity contribution in [2.24, 2.45) is 17.8 Å². The van der Waals surface area contributed by atoms with Gasteiger partial charge in [0.1, 0.15) is 6.10 Å². The molecule has 23 heavy (non-hydrogen) atoms. The predicted octanol–water partition coefficient (Wildman–Crippen LogP) is 1.55. The lowest BCUT2D eigenvalue weighted by atomic mass is 9.75. The molecule has 2 N–H and O–H groups in total.